The maximum Gasteiger partial charge on any atom is 0.254 e. The fraction of sp³-hybridized carbons (Fsp3) is 0.409. The van der Waals surface area contributed by atoms with Crippen LogP contribution in [-0.4, -0.2) is 30.1 Å². The maximum atomic E-state index is 13.2. The number of methoxy groups -OCH3 is 1. The minimum absolute atomic E-state index is 0.00222. The molecule has 4 heteroatoms. The van der Waals surface area contributed by atoms with E-state index in [1.54, 1.807) is 13.2 Å². The van der Waals surface area contributed by atoms with Crippen molar-refractivity contribution in [1.82, 2.24) is 4.90 Å². The van der Waals surface area contributed by atoms with Gasteiger partial charge >= 0.3 is 0 Å². The highest BCUT2D eigenvalue weighted by Gasteiger charge is 2.22. The maximum absolute atomic E-state index is 13.2. The topological polar surface area (TPSA) is 38.8 Å². The SMILES string of the molecule is CCC(C)N(Cc1ccccc1)C(=O)c1ccc(OC(C)C)c(OC)c1. The van der Waals surface area contributed by atoms with Crippen molar-refractivity contribution in [2.45, 2.75) is 52.8 Å². The van der Waals surface area contributed by atoms with E-state index in [0.717, 1.165) is 12.0 Å². The molecular weight excluding hydrogens is 326 g/mol. The molecule has 2 aromatic rings. The Kier molecular flexibility index (Phi) is 7.07. The van der Waals surface area contributed by atoms with E-state index in [0.29, 0.717) is 23.6 Å². The van der Waals surface area contributed by atoms with Gasteiger partial charge in [-0.05, 0) is 51.0 Å². The van der Waals surface area contributed by atoms with Crippen molar-refractivity contribution in [3.63, 3.8) is 0 Å². The van der Waals surface area contributed by atoms with E-state index in [-0.39, 0.29) is 18.1 Å². The Morgan fingerprint density at radius 2 is 1.73 bits per heavy atom. The molecule has 0 aliphatic heterocycles. The van der Waals surface area contributed by atoms with Crippen molar-refractivity contribution < 1.29 is 14.3 Å². The molecule has 0 fully saturated rings. The molecule has 0 aromatic heterocycles. The van der Waals surface area contributed by atoms with Crippen LogP contribution in [0.2, 0.25) is 0 Å². The molecule has 1 atom stereocenters. The zero-order valence-corrected chi connectivity index (χ0v) is 16.4. The Hall–Kier alpha value is -2.49. The van der Waals surface area contributed by atoms with Gasteiger partial charge in [0.15, 0.2) is 11.5 Å². The van der Waals surface area contributed by atoms with Crippen LogP contribution in [0.5, 0.6) is 11.5 Å². The van der Waals surface area contributed by atoms with Gasteiger partial charge in [-0.15, -0.1) is 0 Å². The number of carbonyl (C=O) groups is 1. The number of rotatable bonds is 8. The highest BCUT2D eigenvalue weighted by Crippen LogP contribution is 2.30. The molecule has 4 nitrogen and oxygen atoms in total. The lowest BCUT2D eigenvalue weighted by Gasteiger charge is -2.29. The van der Waals surface area contributed by atoms with Crippen LogP contribution in [0.15, 0.2) is 48.5 Å². The molecule has 0 spiro atoms. The van der Waals surface area contributed by atoms with Gasteiger partial charge in [-0.3, -0.25) is 4.79 Å². The summed E-state index contributed by atoms with van der Waals surface area (Å²) in [5, 5.41) is 0. The molecule has 1 amide bonds. The molecule has 0 aliphatic carbocycles. The van der Waals surface area contributed by atoms with E-state index in [4.69, 9.17) is 9.47 Å². The number of nitrogens with zero attached hydrogens (tertiary/aromatic N) is 1. The van der Waals surface area contributed by atoms with Crippen molar-refractivity contribution in [3.05, 3.63) is 59.7 Å². The summed E-state index contributed by atoms with van der Waals surface area (Å²) in [4.78, 5) is 15.1. The lowest BCUT2D eigenvalue weighted by Crippen LogP contribution is -2.37. The zero-order valence-electron chi connectivity index (χ0n) is 16.4. The van der Waals surface area contributed by atoms with E-state index < -0.39 is 0 Å². The van der Waals surface area contributed by atoms with E-state index >= 15 is 0 Å². The van der Waals surface area contributed by atoms with Crippen LogP contribution >= 0.6 is 0 Å². The van der Waals surface area contributed by atoms with Crippen molar-refractivity contribution >= 4 is 5.91 Å². The molecule has 0 aliphatic rings. The minimum Gasteiger partial charge on any atom is -0.493 e. The smallest absolute Gasteiger partial charge is 0.254 e. The summed E-state index contributed by atoms with van der Waals surface area (Å²) < 4.78 is 11.2. The van der Waals surface area contributed by atoms with E-state index in [2.05, 4.69) is 13.8 Å². The fourth-order valence-corrected chi connectivity index (χ4v) is 2.75. The van der Waals surface area contributed by atoms with E-state index in [9.17, 15) is 4.79 Å². The Balaban J connectivity index is 2.29. The van der Waals surface area contributed by atoms with Gasteiger partial charge in [-0.2, -0.15) is 0 Å². The molecule has 0 saturated carbocycles. The van der Waals surface area contributed by atoms with Crippen molar-refractivity contribution in [1.29, 1.82) is 0 Å². The quantitative estimate of drug-likeness (QED) is 0.674. The molecule has 2 aromatic carbocycles. The molecule has 2 rings (SSSR count). The lowest BCUT2D eigenvalue weighted by atomic mass is 10.1. The third kappa shape index (κ3) is 5.01. The second-order valence-electron chi connectivity index (χ2n) is 6.71. The summed E-state index contributed by atoms with van der Waals surface area (Å²) in [7, 11) is 1.59. The van der Waals surface area contributed by atoms with Gasteiger partial charge in [-0.1, -0.05) is 37.3 Å². The Labute approximate surface area is 156 Å². The van der Waals surface area contributed by atoms with Crippen LogP contribution in [0.4, 0.5) is 0 Å². The van der Waals surface area contributed by atoms with Crippen LogP contribution in [0.1, 0.15) is 50.0 Å². The number of hydrogen-bond donors (Lipinski definition) is 0. The molecule has 0 saturated heterocycles. The third-order valence-corrected chi connectivity index (χ3v) is 4.35. The monoisotopic (exact) mass is 355 g/mol. The minimum atomic E-state index is -0.00222. The summed E-state index contributed by atoms with van der Waals surface area (Å²) >= 11 is 0. The molecule has 1 unspecified atom stereocenters. The van der Waals surface area contributed by atoms with Crippen LogP contribution in [0.3, 0.4) is 0 Å². The summed E-state index contributed by atoms with van der Waals surface area (Å²) in [6.07, 6.45) is 0.935. The largest absolute Gasteiger partial charge is 0.493 e. The predicted octanol–water partition coefficient (Wildman–Crippen LogP) is 4.92. The summed E-state index contributed by atoms with van der Waals surface area (Å²) in [6, 6.07) is 15.6. The van der Waals surface area contributed by atoms with Gasteiger partial charge in [0.05, 0.1) is 13.2 Å². The first-order valence-corrected chi connectivity index (χ1v) is 9.15. The first kappa shape index (κ1) is 19.8. The molecule has 0 N–H and O–H groups in total. The van der Waals surface area contributed by atoms with Gasteiger partial charge in [0.1, 0.15) is 0 Å². The van der Waals surface area contributed by atoms with Crippen LogP contribution in [0.25, 0.3) is 0 Å². The van der Waals surface area contributed by atoms with Crippen LogP contribution < -0.4 is 9.47 Å². The highest BCUT2D eigenvalue weighted by atomic mass is 16.5. The standard InChI is InChI=1S/C22H29NO3/c1-6-17(4)23(15-18-10-8-7-9-11-18)22(24)19-12-13-20(26-16(2)3)21(14-19)25-5/h7-14,16-17H,6,15H2,1-5H3. The number of ether oxygens (including phenoxy) is 2. The lowest BCUT2D eigenvalue weighted by molar-refractivity contribution is 0.0671. The van der Waals surface area contributed by atoms with Crippen molar-refractivity contribution in [2.75, 3.05) is 7.11 Å². The summed E-state index contributed by atoms with van der Waals surface area (Å²) in [6.45, 7) is 8.68. The van der Waals surface area contributed by atoms with Crippen molar-refractivity contribution in [3.8, 4) is 11.5 Å². The second-order valence-corrected chi connectivity index (χ2v) is 6.71. The molecule has 0 heterocycles. The Morgan fingerprint density at radius 1 is 1.04 bits per heavy atom. The van der Waals surface area contributed by atoms with Gasteiger partial charge in [0, 0.05) is 18.2 Å². The zero-order chi connectivity index (χ0) is 19.1. The highest BCUT2D eigenvalue weighted by molar-refractivity contribution is 5.95. The number of hydrogen-bond acceptors (Lipinski definition) is 3. The van der Waals surface area contributed by atoms with Crippen LogP contribution in [-0.2, 0) is 6.54 Å². The number of benzene rings is 2. The molecular formula is C22H29NO3. The van der Waals surface area contributed by atoms with E-state index in [1.807, 2.05) is 61.2 Å². The summed E-state index contributed by atoms with van der Waals surface area (Å²) in [5.41, 5.74) is 1.72. The molecule has 0 bridgehead atoms. The first-order valence-electron chi connectivity index (χ1n) is 9.15. The van der Waals surface area contributed by atoms with Crippen LogP contribution in [0, 0.1) is 0 Å². The third-order valence-electron chi connectivity index (χ3n) is 4.35. The van der Waals surface area contributed by atoms with Gasteiger partial charge in [0.2, 0.25) is 0 Å². The first-order chi connectivity index (χ1) is 12.5. The molecule has 26 heavy (non-hydrogen) atoms. The normalized spacial score (nSPS) is 11.9. The average Bonchev–Trinajstić information content (AvgIpc) is 2.65. The van der Waals surface area contributed by atoms with Crippen molar-refractivity contribution in [2.24, 2.45) is 0 Å². The summed E-state index contributed by atoms with van der Waals surface area (Å²) in [5.74, 6) is 1.23. The second kappa shape index (κ2) is 9.27. The average molecular weight is 355 g/mol. The molecule has 140 valence electrons. The fourth-order valence-electron chi connectivity index (χ4n) is 2.75. The predicted molar refractivity (Wildman–Crippen MR) is 105 cm³/mol. The molecule has 0 radical (unpaired) electrons. The van der Waals surface area contributed by atoms with Gasteiger partial charge in [0.25, 0.3) is 5.91 Å². The number of amides is 1. The van der Waals surface area contributed by atoms with Gasteiger partial charge < -0.3 is 14.4 Å². The Morgan fingerprint density at radius 3 is 2.31 bits per heavy atom. The number of carbonyl (C=O) groups excluding carboxylic acids is 1. The van der Waals surface area contributed by atoms with Gasteiger partial charge in [-0.25, -0.2) is 0 Å². The Bertz CT molecular complexity index is 713. The van der Waals surface area contributed by atoms with E-state index in [1.165, 1.54) is 0 Å².